The Labute approximate surface area is 281 Å². The molecule has 2 aliphatic heterocycles. The van der Waals surface area contributed by atoms with E-state index in [1.54, 1.807) is 0 Å². The van der Waals surface area contributed by atoms with E-state index in [1.165, 1.54) is 0 Å². The highest BCUT2D eigenvalue weighted by Gasteiger charge is 2.39. The van der Waals surface area contributed by atoms with Crippen molar-refractivity contribution < 1.29 is 23.4 Å². The van der Waals surface area contributed by atoms with Crippen molar-refractivity contribution in [1.29, 1.82) is 0 Å². The molecule has 0 saturated carbocycles. The maximum absolute atomic E-state index is 13.8. The molecule has 0 N–H and O–H groups in total. The quantitative estimate of drug-likeness (QED) is 0.129. The predicted octanol–water partition coefficient (Wildman–Crippen LogP) is 7.12. The molecule has 1 aromatic carbocycles. The molecule has 0 aliphatic carbocycles. The van der Waals surface area contributed by atoms with Crippen molar-refractivity contribution >= 4 is 37.5 Å². The van der Waals surface area contributed by atoms with Crippen molar-refractivity contribution in [1.82, 2.24) is 19.2 Å². The molecule has 11 heteroatoms. The van der Waals surface area contributed by atoms with Crippen LogP contribution in [0, 0.1) is 6.92 Å². The number of morpholine rings is 1. The fourth-order valence-electron chi connectivity index (χ4n) is 6.52. The van der Waals surface area contributed by atoms with E-state index in [1.807, 2.05) is 24.7 Å². The van der Waals surface area contributed by atoms with Crippen LogP contribution in [0.4, 0.5) is 0 Å². The lowest BCUT2D eigenvalue weighted by Gasteiger charge is -2.28. The molecule has 2 aliphatic rings. The summed E-state index contributed by atoms with van der Waals surface area (Å²) in [6.07, 6.45) is 3.90. The molecular weight excluding hydrogens is 620 g/mol. The Kier molecular flexibility index (Phi) is 11.7. The van der Waals surface area contributed by atoms with Crippen LogP contribution in [0.3, 0.4) is 0 Å². The largest absolute Gasteiger partial charge is 0.475 e. The summed E-state index contributed by atoms with van der Waals surface area (Å²) in [5, 5.41) is 6.91. The van der Waals surface area contributed by atoms with Crippen LogP contribution < -0.4 is 0 Å². The summed E-state index contributed by atoms with van der Waals surface area (Å²) < 4.78 is 28.4. The predicted molar refractivity (Wildman–Crippen MR) is 185 cm³/mol. The van der Waals surface area contributed by atoms with Crippen LogP contribution in [0.2, 0.25) is 16.6 Å². The SMILES string of the molecule is CCOC(=O)c1c(CCCO[Si+](C)C(C)(C)C)c2ccc(Cl)c3c2n1CCCCOC(CCN1CCOCC1)c1nn(C)c(C)c1-3. The number of aromatic nitrogens is 3. The molecule has 1 saturated heterocycles. The van der Waals surface area contributed by atoms with Crippen molar-refractivity contribution in [3.63, 3.8) is 0 Å². The molecule has 3 aromatic rings. The summed E-state index contributed by atoms with van der Waals surface area (Å²) in [6.45, 7) is 19.4. The minimum Gasteiger partial charge on any atom is -0.461 e. The number of carbonyl (C=O) groups excluding carboxylic acids is 1. The summed E-state index contributed by atoms with van der Waals surface area (Å²) in [5.41, 5.74) is 6.46. The van der Waals surface area contributed by atoms with Gasteiger partial charge in [0.15, 0.2) is 0 Å². The van der Waals surface area contributed by atoms with E-state index in [0.717, 1.165) is 97.5 Å². The van der Waals surface area contributed by atoms with Gasteiger partial charge in [0.2, 0.25) is 0 Å². The van der Waals surface area contributed by atoms with E-state index < -0.39 is 9.04 Å². The molecule has 9 nitrogen and oxygen atoms in total. The third-order valence-electron chi connectivity index (χ3n) is 9.51. The van der Waals surface area contributed by atoms with Gasteiger partial charge in [0.25, 0.3) is 0 Å². The molecule has 4 heterocycles. The van der Waals surface area contributed by atoms with Gasteiger partial charge in [-0.1, -0.05) is 17.7 Å². The topological polar surface area (TPSA) is 80.0 Å². The Morgan fingerprint density at radius 2 is 1.89 bits per heavy atom. The van der Waals surface area contributed by atoms with E-state index >= 15 is 0 Å². The van der Waals surface area contributed by atoms with E-state index in [9.17, 15) is 4.79 Å². The van der Waals surface area contributed by atoms with Gasteiger partial charge in [-0.25, -0.2) is 9.22 Å². The van der Waals surface area contributed by atoms with Crippen molar-refractivity contribution in [3.8, 4) is 11.1 Å². The van der Waals surface area contributed by atoms with Crippen LogP contribution in [0.1, 0.15) is 86.9 Å². The number of nitrogens with zero attached hydrogens (tertiary/aromatic N) is 4. The smallest absolute Gasteiger partial charge is 0.461 e. The molecule has 252 valence electrons. The summed E-state index contributed by atoms with van der Waals surface area (Å²) >= 11 is 7.19. The van der Waals surface area contributed by atoms with E-state index in [4.69, 9.17) is 35.3 Å². The number of ether oxygens (including phenoxy) is 3. The molecule has 1 unspecified atom stereocenters. The molecule has 0 amide bonds. The van der Waals surface area contributed by atoms with Gasteiger partial charge in [-0.15, -0.1) is 0 Å². The van der Waals surface area contributed by atoms with Crippen molar-refractivity contribution in [2.75, 3.05) is 52.7 Å². The molecular formula is C35H52ClN4O5Si+. The van der Waals surface area contributed by atoms with Crippen LogP contribution in [0.5, 0.6) is 0 Å². The van der Waals surface area contributed by atoms with E-state index in [0.29, 0.717) is 43.5 Å². The van der Waals surface area contributed by atoms with Gasteiger partial charge < -0.3 is 18.8 Å². The maximum atomic E-state index is 13.8. The maximum Gasteiger partial charge on any atom is 0.475 e. The number of benzene rings is 1. The average molecular weight is 672 g/mol. The Hall–Kier alpha value is -2.21. The Morgan fingerprint density at radius 3 is 2.61 bits per heavy atom. The number of rotatable bonds is 10. The minimum atomic E-state index is -0.955. The third kappa shape index (κ3) is 7.58. The van der Waals surface area contributed by atoms with Gasteiger partial charge >= 0.3 is 15.0 Å². The first kappa shape index (κ1) is 35.1. The Morgan fingerprint density at radius 1 is 1.13 bits per heavy atom. The zero-order valence-corrected chi connectivity index (χ0v) is 30.6. The molecule has 0 spiro atoms. The lowest BCUT2D eigenvalue weighted by molar-refractivity contribution is 0.00973. The zero-order valence-electron chi connectivity index (χ0n) is 28.8. The van der Waals surface area contributed by atoms with Gasteiger partial charge in [0.05, 0.1) is 49.2 Å². The van der Waals surface area contributed by atoms with Crippen LogP contribution in [-0.4, -0.2) is 86.9 Å². The van der Waals surface area contributed by atoms with Crippen molar-refractivity contribution in [2.45, 2.75) is 91.0 Å². The average Bonchev–Trinajstić information content (AvgIpc) is 3.48. The van der Waals surface area contributed by atoms with Crippen molar-refractivity contribution in [2.24, 2.45) is 7.05 Å². The van der Waals surface area contributed by atoms with Gasteiger partial charge in [-0.2, -0.15) is 5.10 Å². The molecule has 2 aromatic heterocycles. The first-order chi connectivity index (χ1) is 22.0. The first-order valence-corrected chi connectivity index (χ1v) is 19.2. The van der Waals surface area contributed by atoms with Crippen LogP contribution in [0.25, 0.3) is 22.0 Å². The minimum absolute atomic E-state index is 0.163. The molecule has 1 fully saturated rings. The standard InChI is InChI=1S/C35H52ClN4O5Si/c1-8-43-34(41)33-25(12-11-21-45-46(7)35(3,4)5)26-13-14-27(36)30-29-24(2)38(6)37-31(29)28(15-17-39-18-22-42-23-19-39)44-20-10-9-16-40(33)32(26)30/h13-14,28H,8-12,15-23H2,1-7H3/q+1. The summed E-state index contributed by atoms with van der Waals surface area (Å²) in [5.74, 6) is -0.288. The van der Waals surface area contributed by atoms with Crippen LogP contribution >= 0.6 is 11.6 Å². The van der Waals surface area contributed by atoms with Gasteiger partial charge in [0.1, 0.15) is 16.8 Å². The highest BCUT2D eigenvalue weighted by molar-refractivity contribution is 6.53. The second-order valence-corrected chi connectivity index (χ2v) is 16.9. The van der Waals surface area contributed by atoms with Crippen LogP contribution in [-0.2, 0) is 38.6 Å². The summed E-state index contributed by atoms with van der Waals surface area (Å²) in [7, 11) is 1.03. The molecule has 0 radical (unpaired) electrons. The van der Waals surface area contributed by atoms with Gasteiger partial charge in [-0.3, -0.25) is 9.58 Å². The fraction of sp³-hybridized carbons (Fsp3) is 0.657. The normalized spacial score (nSPS) is 18.0. The molecule has 46 heavy (non-hydrogen) atoms. The fourth-order valence-corrected chi connectivity index (χ4v) is 7.65. The lowest BCUT2D eigenvalue weighted by atomic mass is 9.95. The highest BCUT2D eigenvalue weighted by Crippen LogP contribution is 2.45. The van der Waals surface area contributed by atoms with E-state index in [2.05, 4.69) is 49.8 Å². The number of hydrogen-bond donors (Lipinski definition) is 0. The number of halogens is 1. The first-order valence-electron chi connectivity index (χ1n) is 17.0. The van der Waals surface area contributed by atoms with Gasteiger partial charge in [-0.05, 0) is 78.4 Å². The Balaban J connectivity index is 1.63. The van der Waals surface area contributed by atoms with Crippen LogP contribution in [0.15, 0.2) is 12.1 Å². The summed E-state index contributed by atoms with van der Waals surface area (Å²) in [6, 6.07) is 4.06. The Bertz CT molecular complexity index is 1510. The highest BCUT2D eigenvalue weighted by atomic mass is 35.5. The van der Waals surface area contributed by atoms with E-state index in [-0.39, 0.29) is 17.1 Å². The summed E-state index contributed by atoms with van der Waals surface area (Å²) in [4.78, 5) is 16.2. The second-order valence-electron chi connectivity index (χ2n) is 13.6. The lowest BCUT2D eigenvalue weighted by Crippen LogP contribution is -2.37. The second kappa shape index (κ2) is 15.3. The number of aryl methyl sites for hydroxylation is 3. The number of esters is 1. The molecule has 1 atom stereocenters. The molecule has 5 rings (SSSR count). The number of hydrogen-bond acceptors (Lipinski definition) is 7. The third-order valence-corrected chi connectivity index (χ3v) is 12.6. The van der Waals surface area contributed by atoms with Gasteiger partial charge in [0, 0.05) is 62.0 Å². The number of carbonyl (C=O) groups is 1. The van der Waals surface area contributed by atoms with Crippen molar-refractivity contribution in [3.05, 3.63) is 39.8 Å². The zero-order chi connectivity index (χ0) is 33.0. The number of fused-ring (bicyclic) bond motifs is 2. The molecule has 0 bridgehead atoms. The monoisotopic (exact) mass is 671 g/mol.